The van der Waals surface area contributed by atoms with Crippen molar-refractivity contribution < 1.29 is 9.15 Å². The molecule has 0 aromatic carbocycles. The van der Waals surface area contributed by atoms with Gasteiger partial charge in [-0.3, -0.25) is 4.90 Å². The maximum atomic E-state index is 5.73. The van der Waals surface area contributed by atoms with Crippen LogP contribution in [-0.4, -0.2) is 42.8 Å². The van der Waals surface area contributed by atoms with Crippen LogP contribution in [0.5, 0.6) is 0 Å². The molecule has 1 saturated heterocycles. The molecule has 1 aliphatic rings. The van der Waals surface area contributed by atoms with Gasteiger partial charge in [-0.15, -0.1) is 0 Å². The van der Waals surface area contributed by atoms with Crippen molar-refractivity contribution in [1.29, 1.82) is 0 Å². The van der Waals surface area contributed by atoms with E-state index in [2.05, 4.69) is 31.0 Å². The van der Waals surface area contributed by atoms with Gasteiger partial charge in [-0.25, -0.2) is 0 Å². The number of hydrogen-bond acceptors (Lipinski definition) is 4. The van der Waals surface area contributed by atoms with Crippen molar-refractivity contribution >= 4 is 0 Å². The number of ether oxygens (including phenoxy) is 1. The van der Waals surface area contributed by atoms with Gasteiger partial charge in [0.1, 0.15) is 5.76 Å². The zero-order valence-electron chi connectivity index (χ0n) is 11.6. The normalized spacial score (nSPS) is 21.9. The van der Waals surface area contributed by atoms with Gasteiger partial charge in [-0.05, 0) is 32.9 Å². The summed E-state index contributed by atoms with van der Waals surface area (Å²) in [6, 6.07) is 4.43. The molecule has 18 heavy (non-hydrogen) atoms. The van der Waals surface area contributed by atoms with E-state index in [1.54, 1.807) is 6.26 Å². The fourth-order valence-corrected chi connectivity index (χ4v) is 2.38. The lowest BCUT2D eigenvalue weighted by Gasteiger charge is -2.41. The summed E-state index contributed by atoms with van der Waals surface area (Å²) in [6.07, 6.45) is 1.71. The van der Waals surface area contributed by atoms with Gasteiger partial charge in [-0.2, -0.15) is 0 Å². The first-order valence-electron chi connectivity index (χ1n) is 6.68. The predicted molar refractivity (Wildman–Crippen MR) is 71.5 cm³/mol. The minimum absolute atomic E-state index is 0.0203. The van der Waals surface area contributed by atoms with E-state index < -0.39 is 0 Å². The molecule has 2 rings (SSSR count). The molecule has 1 aromatic rings. The van der Waals surface area contributed by atoms with Crippen LogP contribution < -0.4 is 5.32 Å². The molecule has 1 atom stereocenters. The average molecular weight is 252 g/mol. The molecular weight excluding hydrogens is 228 g/mol. The Kier molecular flexibility index (Phi) is 4.43. The van der Waals surface area contributed by atoms with Crippen molar-refractivity contribution in [2.24, 2.45) is 0 Å². The summed E-state index contributed by atoms with van der Waals surface area (Å²) in [5.74, 6) is 0.990. The topological polar surface area (TPSA) is 37.6 Å². The molecule has 0 spiro atoms. The van der Waals surface area contributed by atoms with Gasteiger partial charge < -0.3 is 14.5 Å². The molecule has 4 heteroatoms. The third-order valence-electron chi connectivity index (χ3n) is 3.40. The summed E-state index contributed by atoms with van der Waals surface area (Å²) in [7, 11) is 0. The van der Waals surface area contributed by atoms with E-state index in [9.17, 15) is 0 Å². The van der Waals surface area contributed by atoms with Gasteiger partial charge in [0.15, 0.2) is 0 Å². The molecule has 0 saturated carbocycles. The fraction of sp³-hybridized carbons (Fsp3) is 0.714. The number of nitrogens with zero attached hydrogens (tertiary/aromatic N) is 1. The molecule has 102 valence electrons. The van der Waals surface area contributed by atoms with E-state index in [1.807, 2.05) is 12.1 Å². The van der Waals surface area contributed by atoms with Crippen molar-refractivity contribution in [1.82, 2.24) is 10.2 Å². The van der Waals surface area contributed by atoms with Crippen LogP contribution in [0.4, 0.5) is 0 Å². The number of rotatable bonds is 5. The van der Waals surface area contributed by atoms with Crippen molar-refractivity contribution in [2.45, 2.75) is 39.0 Å². The zero-order chi connectivity index (χ0) is 13.0. The molecule has 1 fully saturated rings. The van der Waals surface area contributed by atoms with Crippen LogP contribution >= 0.6 is 0 Å². The Morgan fingerprint density at radius 1 is 1.50 bits per heavy atom. The first-order chi connectivity index (χ1) is 8.57. The Morgan fingerprint density at radius 2 is 2.33 bits per heavy atom. The standard InChI is InChI=1S/C14H24N2O2/c1-12(9-15-10-13-5-4-7-17-13)16-6-8-18-14(2,3)11-16/h4-5,7,12,15H,6,8-11H2,1-3H3. The summed E-state index contributed by atoms with van der Waals surface area (Å²) in [5, 5.41) is 3.44. The number of morpholine rings is 1. The minimum Gasteiger partial charge on any atom is -0.468 e. The van der Waals surface area contributed by atoms with E-state index in [0.717, 1.165) is 38.5 Å². The zero-order valence-corrected chi connectivity index (χ0v) is 11.6. The van der Waals surface area contributed by atoms with Crippen molar-refractivity contribution in [3.05, 3.63) is 24.2 Å². The van der Waals surface area contributed by atoms with Crippen LogP contribution in [0.1, 0.15) is 26.5 Å². The smallest absolute Gasteiger partial charge is 0.117 e. The lowest BCUT2D eigenvalue weighted by atomic mass is 10.1. The quantitative estimate of drug-likeness (QED) is 0.868. The summed E-state index contributed by atoms with van der Waals surface area (Å²) < 4.78 is 11.0. The number of hydrogen-bond donors (Lipinski definition) is 1. The van der Waals surface area contributed by atoms with Crippen molar-refractivity contribution in [3.8, 4) is 0 Å². The highest BCUT2D eigenvalue weighted by molar-refractivity contribution is 4.97. The third kappa shape index (κ3) is 3.83. The Morgan fingerprint density at radius 3 is 3.00 bits per heavy atom. The highest BCUT2D eigenvalue weighted by atomic mass is 16.5. The van der Waals surface area contributed by atoms with E-state index in [1.165, 1.54) is 0 Å². The molecule has 4 nitrogen and oxygen atoms in total. The lowest BCUT2D eigenvalue weighted by Crippen LogP contribution is -2.53. The van der Waals surface area contributed by atoms with Crippen LogP contribution in [0, 0.1) is 0 Å². The van der Waals surface area contributed by atoms with Gasteiger partial charge in [0, 0.05) is 25.7 Å². The second-order valence-electron chi connectivity index (χ2n) is 5.64. The largest absolute Gasteiger partial charge is 0.468 e. The maximum Gasteiger partial charge on any atom is 0.117 e. The average Bonchev–Trinajstić information content (AvgIpc) is 2.80. The molecule has 1 aromatic heterocycles. The predicted octanol–water partition coefficient (Wildman–Crippen LogP) is 1.87. The molecule has 0 amide bonds. The molecule has 2 heterocycles. The molecule has 1 unspecified atom stereocenters. The Labute approximate surface area is 109 Å². The van der Waals surface area contributed by atoms with Crippen LogP contribution in [0.15, 0.2) is 22.8 Å². The van der Waals surface area contributed by atoms with Gasteiger partial charge in [0.25, 0.3) is 0 Å². The molecule has 0 radical (unpaired) electrons. The van der Waals surface area contributed by atoms with Gasteiger partial charge >= 0.3 is 0 Å². The van der Waals surface area contributed by atoms with Crippen molar-refractivity contribution in [3.63, 3.8) is 0 Å². The molecule has 1 N–H and O–H groups in total. The van der Waals surface area contributed by atoms with Crippen LogP contribution in [0.2, 0.25) is 0 Å². The van der Waals surface area contributed by atoms with E-state index >= 15 is 0 Å². The summed E-state index contributed by atoms with van der Waals surface area (Å²) in [4.78, 5) is 2.48. The van der Waals surface area contributed by atoms with Crippen LogP contribution in [0.3, 0.4) is 0 Å². The first kappa shape index (κ1) is 13.6. The van der Waals surface area contributed by atoms with Crippen LogP contribution in [0.25, 0.3) is 0 Å². The number of furan rings is 1. The summed E-state index contributed by atoms with van der Waals surface area (Å²) >= 11 is 0. The van der Waals surface area contributed by atoms with Gasteiger partial charge in [-0.1, -0.05) is 0 Å². The monoisotopic (exact) mass is 252 g/mol. The maximum absolute atomic E-state index is 5.73. The molecule has 0 bridgehead atoms. The van der Waals surface area contributed by atoms with Crippen LogP contribution in [-0.2, 0) is 11.3 Å². The summed E-state index contributed by atoms with van der Waals surface area (Å²) in [5.41, 5.74) is -0.0203. The van der Waals surface area contributed by atoms with E-state index in [-0.39, 0.29) is 5.60 Å². The Bertz CT molecular complexity index is 349. The molecule has 0 aliphatic carbocycles. The fourth-order valence-electron chi connectivity index (χ4n) is 2.38. The Hall–Kier alpha value is -0.840. The van der Waals surface area contributed by atoms with Gasteiger partial charge in [0.2, 0.25) is 0 Å². The third-order valence-corrected chi connectivity index (χ3v) is 3.40. The SMILES string of the molecule is CC(CNCc1ccco1)N1CCOC(C)(C)C1. The highest BCUT2D eigenvalue weighted by Gasteiger charge is 2.29. The van der Waals surface area contributed by atoms with E-state index in [4.69, 9.17) is 9.15 Å². The molecular formula is C14H24N2O2. The second-order valence-corrected chi connectivity index (χ2v) is 5.64. The molecule has 1 aliphatic heterocycles. The van der Waals surface area contributed by atoms with Crippen molar-refractivity contribution in [2.75, 3.05) is 26.2 Å². The first-order valence-corrected chi connectivity index (χ1v) is 6.68. The lowest BCUT2D eigenvalue weighted by molar-refractivity contribution is -0.0950. The second kappa shape index (κ2) is 5.87. The Balaban J connectivity index is 1.72. The van der Waals surface area contributed by atoms with Gasteiger partial charge in [0.05, 0.1) is 25.0 Å². The summed E-state index contributed by atoms with van der Waals surface area (Å²) in [6.45, 7) is 11.2. The number of nitrogens with one attached hydrogen (secondary N) is 1. The highest BCUT2D eigenvalue weighted by Crippen LogP contribution is 2.18. The van der Waals surface area contributed by atoms with E-state index in [0.29, 0.717) is 6.04 Å². The minimum atomic E-state index is -0.0203.